The number of halogens is 1. The molecule has 1 amide bonds. The molecule has 1 heterocycles. The van der Waals surface area contributed by atoms with Gasteiger partial charge < -0.3 is 5.32 Å². The van der Waals surface area contributed by atoms with Crippen LogP contribution in [0.4, 0.5) is 0 Å². The van der Waals surface area contributed by atoms with Gasteiger partial charge in [0, 0.05) is 17.2 Å². The maximum Gasteiger partial charge on any atom is 0.271 e. The molecule has 0 radical (unpaired) electrons. The second-order valence-corrected chi connectivity index (χ2v) is 4.86. The van der Waals surface area contributed by atoms with Gasteiger partial charge >= 0.3 is 0 Å². The first kappa shape index (κ1) is 12.8. The molecule has 1 N–H and O–H groups in total. The van der Waals surface area contributed by atoms with Crippen molar-refractivity contribution in [3.63, 3.8) is 0 Å². The van der Waals surface area contributed by atoms with Crippen molar-refractivity contribution in [2.45, 2.75) is 13.5 Å². The van der Waals surface area contributed by atoms with Crippen molar-refractivity contribution in [2.24, 2.45) is 0 Å². The number of aryl methyl sites for hydroxylation is 1. The van der Waals surface area contributed by atoms with E-state index in [2.05, 4.69) is 26.2 Å². The number of nitrogens with one attached hydrogen (secondary N) is 1. The molecule has 18 heavy (non-hydrogen) atoms. The van der Waals surface area contributed by atoms with Crippen molar-refractivity contribution in [3.05, 3.63) is 63.9 Å². The molecule has 0 spiro atoms. The Kier molecular flexibility index (Phi) is 4.10. The molecule has 3 nitrogen and oxygen atoms in total. The molecule has 0 atom stereocenters. The highest BCUT2D eigenvalue weighted by Gasteiger charge is 2.10. The van der Waals surface area contributed by atoms with Gasteiger partial charge in [-0.2, -0.15) is 0 Å². The molecule has 0 aliphatic rings. The average Bonchev–Trinajstić information content (AvgIpc) is 2.38. The first-order valence-corrected chi connectivity index (χ1v) is 6.40. The van der Waals surface area contributed by atoms with Crippen LogP contribution in [0.5, 0.6) is 0 Å². The zero-order chi connectivity index (χ0) is 13.0. The van der Waals surface area contributed by atoms with Crippen LogP contribution in [0.1, 0.15) is 21.6 Å². The highest BCUT2D eigenvalue weighted by Crippen LogP contribution is 2.13. The van der Waals surface area contributed by atoms with Crippen molar-refractivity contribution in [1.82, 2.24) is 10.3 Å². The van der Waals surface area contributed by atoms with E-state index in [0.29, 0.717) is 16.7 Å². The van der Waals surface area contributed by atoms with E-state index in [1.54, 1.807) is 18.3 Å². The SMILES string of the molecule is Cc1ccc(CNC(=O)c2ncccc2Br)cc1. The monoisotopic (exact) mass is 304 g/mol. The van der Waals surface area contributed by atoms with Gasteiger partial charge in [-0.25, -0.2) is 4.98 Å². The summed E-state index contributed by atoms with van der Waals surface area (Å²) < 4.78 is 0.700. The summed E-state index contributed by atoms with van der Waals surface area (Å²) in [5, 5.41) is 2.84. The third-order valence-corrected chi connectivity index (χ3v) is 3.19. The number of hydrogen-bond donors (Lipinski definition) is 1. The van der Waals surface area contributed by atoms with Crippen LogP contribution in [-0.2, 0) is 6.54 Å². The molecule has 0 fully saturated rings. The third-order valence-electron chi connectivity index (χ3n) is 2.55. The summed E-state index contributed by atoms with van der Waals surface area (Å²) in [7, 11) is 0. The van der Waals surface area contributed by atoms with Crippen LogP contribution in [0, 0.1) is 6.92 Å². The molecule has 1 aromatic heterocycles. The van der Waals surface area contributed by atoms with Crippen LogP contribution in [0.25, 0.3) is 0 Å². The van der Waals surface area contributed by atoms with Gasteiger partial charge in [0.05, 0.1) is 0 Å². The van der Waals surface area contributed by atoms with Crippen LogP contribution in [0.3, 0.4) is 0 Å². The summed E-state index contributed by atoms with van der Waals surface area (Å²) in [6.45, 7) is 2.54. The number of hydrogen-bond acceptors (Lipinski definition) is 2. The molecule has 4 heteroatoms. The second kappa shape index (κ2) is 5.78. The summed E-state index contributed by atoms with van der Waals surface area (Å²) in [4.78, 5) is 15.9. The highest BCUT2D eigenvalue weighted by molar-refractivity contribution is 9.10. The molecule has 0 bridgehead atoms. The van der Waals surface area contributed by atoms with E-state index in [0.717, 1.165) is 5.56 Å². The number of benzene rings is 1. The zero-order valence-corrected chi connectivity index (χ0v) is 11.6. The van der Waals surface area contributed by atoms with Crippen molar-refractivity contribution >= 4 is 21.8 Å². The molecular weight excluding hydrogens is 292 g/mol. The fourth-order valence-corrected chi connectivity index (χ4v) is 1.96. The Hall–Kier alpha value is -1.68. The molecule has 0 aliphatic carbocycles. The van der Waals surface area contributed by atoms with Gasteiger partial charge in [0.25, 0.3) is 5.91 Å². The largest absolute Gasteiger partial charge is 0.347 e. The number of carbonyl (C=O) groups is 1. The van der Waals surface area contributed by atoms with E-state index in [1.165, 1.54) is 5.56 Å². The van der Waals surface area contributed by atoms with E-state index in [9.17, 15) is 4.79 Å². The number of amides is 1. The summed E-state index contributed by atoms with van der Waals surface area (Å²) >= 11 is 3.31. The lowest BCUT2D eigenvalue weighted by molar-refractivity contribution is 0.0945. The lowest BCUT2D eigenvalue weighted by Crippen LogP contribution is -2.24. The number of aromatic nitrogens is 1. The van der Waals surface area contributed by atoms with Gasteiger partial charge in [-0.1, -0.05) is 29.8 Å². The van der Waals surface area contributed by atoms with Gasteiger partial charge in [-0.3, -0.25) is 4.79 Å². The first-order valence-electron chi connectivity index (χ1n) is 5.61. The average molecular weight is 305 g/mol. The van der Waals surface area contributed by atoms with E-state index in [4.69, 9.17) is 0 Å². The minimum absolute atomic E-state index is 0.178. The predicted octanol–water partition coefficient (Wildman–Crippen LogP) is 3.08. The van der Waals surface area contributed by atoms with Crippen molar-refractivity contribution < 1.29 is 4.79 Å². The topological polar surface area (TPSA) is 42.0 Å². The quantitative estimate of drug-likeness (QED) is 0.947. The summed E-state index contributed by atoms with van der Waals surface area (Å²) in [6.07, 6.45) is 1.60. The van der Waals surface area contributed by atoms with Crippen molar-refractivity contribution in [3.8, 4) is 0 Å². The Morgan fingerprint density at radius 1 is 1.28 bits per heavy atom. The molecule has 1 aromatic carbocycles. The van der Waals surface area contributed by atoms with E-state index >= 15 is 0 Å². The number of carbonyl (C=O) groups excluding carboxylic acids is 1. The number of nitrogens with zero attached hydrogens (tertiary/aromatic N) is 1. The molecule has 2 aromatic rings. The molecule has 0 unspecified atom stereocenters. The Bertz CT molecular complexity index is 552. The molecule has 0 saturated carbocycles. The third kappa shape index (κ3) is 3.17. The van der Waals surface area contributed by atoms with Crippen molar-refractivity contribution in [2.75, 3.05) is 0 Å². The summed E-state index contributed by atoms with van der Waals surface area (Å²) in [5.41, 5.74) is 2.68. The van der Waals surface area contributed by atoms with E-state index < -0.39 is 0 Å². The lowest BCUT2D eigenvalue weighted by atomic mass is 10.1. The number of pyridine rings is 1. The molecular formula is C14H13BrN2O. The van der Waals surface area contributed by atoms with Crippen LogP contribution in [0.2, 0.25) is 0 Å². The maximum atomic E-state index is 11.9. The van der Waals surface area contributed by atoms with Gasteiger partial charge in [-0.15, -0.1) is 0 Å². The lowest BCUT2D eigenvalue weighted by Gasteiger charge is -2.06. The standard InChI is InChI=1S/C14H13BrN2O/c1-10-4-6-11(7-5-10)9-17-14(18)13-12(15)3-2-8-16-13/h2-8H,9H2,1H3,(H,17,18). The van der Waals surface area contributed by atoms with Gasteiger partial charge in [0.1, 0.15) is 5.69 Å². The van der Waals surface area contributed by atoms with Gasteiger partial charge in [0.15, 0.2) is 0 Å². The minimum atomic E-state index is -0.178. The minimum Gasteiger partial charge on any atom is -0.347 e. The maximum absolute atomic E-state index is 11.9. The zero-order valence-electron chi connectivity index (χ0n) is 9.98. The van der Waals surface area contributed by atoms with Crippen LogP contribution in [0.15, 0.2) is 47.1 Å². The smallest absolute Gasteiger partial charge is 0.271 e. The Balaban J connectivity index is 2.01. The molecule has 0 saturated heterocycles. The molecule has 92 valence electrons. The second-order valence-electron chi connectivity index (χ2n) is 4.00. The van der Waals surface area contributed by atoms with Crippen LogP contribution < -0.4 is 5.32 Å². The number of rotatable bonds is 3. The Morgan fingerprint density at radius 2 is 2.00 bits per heavy atom. The van der Waals surface area contributed by atoms with Gasteiger partial charge in [0.2, 0.25) is 0 Å². The van der Waals surface area contributed by atoms with Crippen LogP contribution in [-0.4, -0.2) is 10.9 Å². The van der Waals surface area contributed by atoms with Crippen molar-refractivity contribution in [1.29, 1.82) is 0 Å². The predicted molar refractivity (Wildman–Crippen MR) is 74.3 cm³/mol. The molecule has 2 rings (SSSR count). The van der Waals surface area contributed by atoms with Crippen LogP contribution >= 0.6 is 15.9 Å². The first-order chi connectivity index (χ1) is 8.66. The molecule has 0 aliphatic heterocycles. The summed E-state index contributed by atoms with van der Waals surface area (Å²) in [6, 6.07) is 11.6. The summed E-state index contributed by atoms with van der Waals surface area (Å²) in [5.74, 6) is -0.178. The Morgan fingerprint density at radius 3 is 2.67 bits per heavy atom. The Labute approximate surface area is 114 Å². The van der Waals surface area contributed by atoms with E-state index in [1.807, 2.05) is 31.2 Å². The van der Waals surface area contributed by atoms with Gasteiger partial charge in [-0.05, 0) is 40.5 Å². The highest BCUT2D eigenvalue weighted by atomic mass is 79.9. The van der Waals surface area contributed by atoms with E-state index in [-0.39, 0.29) is 5.91 Å². The normalized spacial score (nSPS) is 10.1. The fourth-order valence-electron chi connectivity index (χ4n) is 1.52. The fraction of sp³-hybridized carbons (Fsp3) is 0.143.